The van der Waals surface area contributed by atoms with Gasteiger partial charge in [-0.05, 0) is 0 Å². The van der Waals surface area contributed by atoms with Crippen molar-refractivity contribution in [3.63, 3.8) is 0 Å². The molecule has 1 rings (SSSR count). The highest BCUT2D eigenvalue weighted by Crippen LogP contribution is 2.71. The highest BCUT2D eigenvalue weighted by molar-refractivity contribution is 9.25. The fraction of sp³-hybridized carbons (Fsp3) is 1.00. The van der Waals surface area contributed by atoms with Crippen LogP contribution in [0.5, 0.6) is 0 Å². The number of halogens is 2. The molecule has 0 atom stereocenters. The molecule has 0 heterocycles. The first kappa shape index (κ1) is 11.9. The average Bonchev–Trinajstić information content (AvgIpc) is 2.56. The number of methoxy groups -OCH3 is 4. The van der Waals surface area contributed by atoms with Crippen LogP contribution >= 0.6 is 31.9 Å². The third-order valence-electron chi connectivity index (χ3n) is 2.35. The van der Waals surface area contributed by atoms with Gasteiger partial charge in [0.15, 0.2) is 3.23 Å². The second kappa shape index (κ2) is 3.43. The Labute approximate surface area is 94.1 Å². The molecule has 1 aliphatic carbocycles. The molecule has 1 aliphatic rings. The molecule has 0 amide bonds. The first-order valence-electron chi connectivity index (χ1n) is 3.58. The Bertz CT molecular complexity index is 179. The number of alkyl halides is 2. The minimum atomic E-state index is -0.969. The van der Waals surface area contributed by atoms with Gasteiger partial charge in [0.25, 0.3) is 11.6 Å². The van der Waals surface area contributed by atoms with E-state index in [1.807, 2.05) is 0 Å². The molecule has 0 saturated heterocycles. The SMILES string of the molecule is COC1(OC)C(Br)(Br)C1(OC)OC. The fourth-order valence-electron chi connectivity index (χ4n) is 1.60. The summed E-state index contributed by atoms with van der Waals surface area (Å²) < 4.78 is 20.3. The Hall–Kier alpha value is 0.800. The molecular formula is C7H12Br2O4. The zero-order chi connectivity index (χ0) is 10.3. The Kier molecular flexibility index (Phi) is 3.13. The van der Waals surface area contributed by atoms with Crippen LogP contribution in [0, 0.1) is 0 Å². The van der Waals surface area contributed by atoms with Crippen LogP contribution in [-0.2, 0) is 18.9 Å². The highest BCUT2D eigenvalue weighted by atomic mass is 79.9. The molecule has 0 bridgehead atoms. The molecule has 6 heteroatoms. The summed E-state index contributed by atoms with van der Waals surface area (Å²) in [6, 6.07) is 0. The Morgan fingerprint density at radius 2 is 0.923 bits per heavy atom. The molecule has 0 spiro atoms. The lowest BCUT2D eigenvalue weighted by Gasteiger charge is -2.18. The summed E-state index contributed by atoms with van der Waals surface area (Å²) >= 11 is 6.78. The summed E-state index contributed by atoms with van der Waals surface area (Å²) in [5.74, 6) is -1.94. The zero-order valence-electron chi connectivity index (χ0n) is 7.89. The van der Waals surface area contributed by atoms with Gasteiger partial charge in [-0.3, -0.25) is 0 Å². The lowest BCUT2D eigenvalue weighted by Crippen LogP contribution is -2.32. The molecule has 0 aromatic heterocycles. The van der Waals surface area contributed by atoms with Gasteiger partial charge in [-0.15, -0.1) is 0 Å². The molecule has 78 valence electrons. The van der Waals surface area contributed by atoms with Crippen LogP contribution in [0.25, 0.3) is 0 Å². The predicted molar refractivity (Wildman–Crippen MR) is 54.1 cm³/mol. The summed E-state index contributed by atoms with van der Waals surface area (Å²) in [5.41, 5.74) is 0. The molecule has 0 aromatic rings. The van der Waals surface area contributed by atoms with Gasteiger partial charge < -0.3 is 18.9 Å². The van der Waals surface area contributed by atoms with Crippen molar-refractivity contribution in [1.82, 2.24) is 0 Å². The first-order chi connectivity index (χ1) is 5.99. The standard InChI is InChI=1S/C7H12Br2O4/c1-10-6(11-2)5(8,9)7(6,12-3)13-4/h1-4H3. The molecule has 1 fully saturated rings. The Balaban J connectivity index is 3.03. The molecule has 0 unspecified atom stereocenters. The van der Waals surface area contributed by atoms with Gasteiger partial charge in [0.2, 0.25) is 0 Å². The third-order valence-corrected chi connectivity index (χ3v) is 4.44. The van der Waals surface area contributed by atoms with Crippen LogP contribution in [0.4, 0.5) is 0 Å². The summed E-state index contributed by atoms with van der Waals surface area (Å²) in [7, 11) is 6.11. The molecule has 0 aromatic carbocycles. The van der Waals surface area contributed by atoms with Crippen molar-refractivity contribution in [2.75, 3.05) is 28.4 Å². The maximum atomic E-state index is 5.24. The lowest BCUT2D eigenvalue weighted by atomic mass is 10.6. The van der Waals surface area contributed by atoms with Crippen molar-refractivity contribution in [3.8, 4) is 0 Å². The van der Waals surface area contributed by atoms with Crippen molar-refractivity contribution >= 4 is 31.9 Å². The van der Waals surface area contributed by atoms with Gasteiger partial charge in [-0.2, -0.15) is 0 Å². The number of rotatable bonds is 4. The van der Waals surface area contributed by atoms with Crippen molar-refractivity contribution in [2.45, 2.75) is 14.8 Å². The van der Waals surface area contributed by atoms with Crippen LogP contribution in [0.15, 0.2) is 0 Å². The number of hydrogen-bond donors (Lipinski definition) is 0. The maximum Gasteiger partial charge on any atom is 0.257 e. The van der Waals surface area contributed by atoms with Gasteiger partial charge in [0.1, 0.15) is 0 Å². The highest BCUT2D eigenvalue weighted by Gasteiger charge is 2.92. The predicted octanol–water partition coefficient (Wildman–Crippen LogP) is 1.46. The van der Waals surface area contributed by atoms with E-state index in [2.05, 4.69) is 31.9 Å². The van der Waals surface area contributed by atoms with Crippen LogP contribution in [-0.4, -0.2) is 43.2 Å². The molecule has 1 saturated carbocycles. The van der Waals surface area contributed by atoms with E-state index in [1.54, 1.807) is 0 Å². The summed E-state index contributed by atoms with van der Waals surface area (Å²) in [6.07, 6.45) is 0. The van der Waals surface area contributed by atoms with Gasteiger partial charge in [0, 0.05) is 28.4 Å². The molecule has 0 N–H and O–H groups in total. The topological polar surface area (TPSA) is 36.9 Å². The van der Waals surface area contributed by atoms with E-state index in [1.165, 1.54) is 28.4 Å². The Morgan fingerprint density at radius 1 is 0.692 bits per heavy atom. The second-order valence-corrected chi connectivity index (χ2v) is 6.07. The first-order valence-corrected chi connectivity index (χ1v) is 5.16. The minimum Gasteiger partial charge on any atom is -0.347 e. The van der Waals surface area contributed by atoms with Crippen molar-refractivity contribution < 1.29 is 18.9 Å². The third kappa shape index (κ3) is 1.04. The van der Waals surface area contributed by atoms with E-state index < -0.39 is 14.8 Å². The van der Waals surface area contributed by atoms with E-state index in [9.17, 15) is 0 Å². The van der Waals surface area contributed by atoms with Crippen LogP contribution in [0.1, 0.15) is 0 Å². The van der Waals surface area contributed by atoms with Crippen molar-refractivity contribution in [1.29, 1.82) is 0 Å². The molecule has 13 heavy (non-hydrogen) atoms. The van der Waals surface area contributed by atoms with E-state index in [0.717, 1.165) is 0 Å². The average molecular weight is 320 g/mol. The summed E-state index contributed by atoms with van der Waals surface area (Å²) in [6.45, 7) is 0. The smallest absolute Gasteiger partial charge is 0.257 e. The van der Waals surface area contributed by atoms with Crippen LogP contribution in [0.3, 0.4) is 0 Å². The van der Waals surface area contributed by atoms with Crippen molar-refractivity contribution in [3.05, 3.63) is 0 Å². The van der Waals surface area contributed by atoms with E-state index in [4.69, 9.17) is 18.9 Å². The lowest BCUT2D eigenvalue weighted by molar-refractivity contribution is -0.254. The second-order valence-electron chi connectivity index (χ2n) is 2.62. The largest absolute Gasteiger partial charge is 0.347 e. The minimum absolute atomic E-state index is 0.688. The summed E-state index contributed by atoms with van der Waals surface area (Å²) in [5, 5.41) is 0. The van der Waals surface area contributed by atoms with E-state index >= 15 is 0 Å². The van der Waals surface area contributed by atoms with Crippen LogP contribution in [0.2, 0.25) is 0 Å². The van der Waals surface area contributed by atoms with Gasteiger partial charge >= 0.3 is 0 Å². The van der Waals surface area contributed by atoms with Crippen molar-refractivity contribution in [2.24, 2.45) is 0 Å². The summed E-state index contributed by atoms with van der Waals surface area (Å²) in [4.78, 5) is 0. The molecule has 0 radical (unpaired) electrons. The number of hydrogen-bond acceptors (Lipinski definition) is 4. The van der Waals surface area contributed by atoms with Gasteiger partial charge in [0.05, 0.1) is 0 Å². The van der Waals surface area contributed by atoms with Gasteiger partial charge in [-0.25, -0.2) is 0 Å². The van der Waals surface area contributed by atoms with E-state index in [0.29, 0.717) is 0 Å². The normalized spacial score (nSPS) is 27.2. The molecular weight excluding hydrogens is 308 g/mol. The zero-order valence-corrected chi connectivity index (χ0v) is 11.1. The number of ether oxygens (including phenoxy) is 4. The van der Waals surface area contributed by atoms with E-state index in [-0.39, 0.29) is 0 Å². The molecule has 4 nitrogen and oxygen atoms in total. The van der Waals surface area contributed by atoms with Gasteiger partial charge in [-0.1, -0.05) is 31.9 Å². The maximum absolute atomic E-state index is 5.24. The monoisotopic (exact) mass is 318 g/mol. The molecule has 0 aliphatic heterocycles. The Morgan fingerprint density at radius 3 is 1.00 bits per heavy atom. The quantitative estimate of drug-likeness (QED) is 0.581. The van der Waals surface area contributed by atoms with Crippen LogP contribution < -0.4 is 0 Å². The fourth-order valence-corrected chi connectivity index (χ4v) is 3.74.